The number of methoxy groups -OCH3 is 1. The van der Waals surface area contributed by atoms with Crippen molar-refractivity contribution in [3.63, 3.8) is 0 Å². The van der Waals surface area contributed by atoms with E-state index in [9.17, 15) is 29.1 Å². The van der Waals surface area contributed by atoms with Crippen LogP contribution in [0.25, 0.3) is 0 Å². The van der Waals surface area contributed by atoms with Gasteiger partial charge in [-0.05, 0) is 75.3 Å². The second-order valence-electron chi connectivity index (χ2n) is 13.6. The number of amides is 1. The molecule has 0 spiro atoms. The van der Waals surface area contributed by atoms with Crippen molar-refractivity contribution in [3.05, 3.63) is 123 Å². The van der Waals surface area contributed by atoms with E-state index in [2.05, 4.69) is 10.6 Å². The van der Waals surface area contributed by atoms with Gasteiger partial charge in [0.05, 0.1) is 62.3 Å². The SMILES string of the molecule is CCOC(=O)C1=C(COCCN)NC(C)=C(C(=O)OC)[C@@H]1c1ccccc1Cl.CCOC(=O)[C@H](CCc1ccccc1)N[C@H]1CCc2ccccc2N(CC(=O)O)C1=O. The number of dihydropyridines is 1. The summed E-state index contributed by atoms with van der Waals surface area (Å²) in [5.41, 5.74) is 10.3. The molecule has 0 radical (unpaired) electrons. The molecule has 0 aromatic heterocycles. The van der Waals surface area contributed by atoms with Gasteiger partial charge in [0.15, 0.2) is 0 Å². The number of carbonyl (C=O) groups excluding carboxylic acids is 4. The van der Waals surface area contributed by atoms with Crippen LogP contribution >= 0.6 is 11.6 Å². The molecule has 3 atom stereocenters. The third kappa shape index (κ3) is 12.5. The number of carboxylic acids is 1. The number of carboxylic acid groups (broad SMARTS) is 1. The molecule has 5 rings (SSSR count). The van der Waals surface area contributed by atoms with Crippen LogP contribution in [0.1, 0.15) is 56.2 Å². The minimum Gasteiger partial charge on any atom is -0.480 e. The number of nitrogens with two attached hydrogens (primary N) is 1. The molecule has 59 heavy (non-hydrogen) atoms. The summed E-state index contributed by atoms with van der Waals surface area (Å²) in [5, 5.41) is 16.1. The Morgan fingerprint density at radius 2 is 1.63 bits per heavy atom. The highest BCUT2D eigenvalue weighted by molar-refractivity contribution is 6.31. The number of fused-ring (bicyclic) bond motifs is 1. The van der Waals surface area contributed by atoms with Gasteiger partial charge in [0.25, 0.3) is 0 Å². The van der Waals surface area contributed by atoms with Gasteiger partial charge in [-0.25, -0.2) is 9.59 Å². The van der Waals surface area contributed by atoms with Gasteiger partial charge in [0.1, 0.15) is 12.6 Å². The number of hydrogen-bond donors (Lipinski definition) is 4. The number of esters is 3. The van der Waals surface area contributed by atoms with Gasteiger partial charge in [0, 0.05) is 23.0 Å². The fraction of sp³-hybridized carbons (Fsp3) is 0.386. The summed E-state index contributed by atoms with van der Waals surface area (Å²) in [6, 6.07) is 22.8. The fourth-order valence-electron chi connectivity index (χ4n) is 7.00. The number of aryl methyl sites for hydroxylation is 2. The van der Waals surface area contributed by atoms with Crippen LogP contribution in [0.5, 0.6) is 0 Å². The highest BCUT2D eigenvalue weighted by atomic mass is 35.5. The van der Waals surface area contributed by atoms with Gasteiger partial charge in [-0.1, -0.05) is 78.3 Å². The lowest BCUT2D eigenvalue weighted by molar-refractivity contribution is -0.146. The van der Waals surface area contributed by atoms with Crippen LogP contribution < -0.4 is 21.3 Å². The number of rotatable bonds is 17. The lowest BCUT2D eigenvalue weighted by Gasteiger charge is -2.31. The van der Waals surface area contributed by atoms with Crippen molar-refractivity contribution in [2.75, 3.05) is 51.5 Å². The molecule has 0 bridgehead atoms. The first kappa shape index (κ1) is 46.2. The molecule has 14 nitrogen and oxygen atoms in total. The largest absolute Gasteiger partial charge is 0.480 e. The van der Waals surface area contributed by atoms with Gasteiger partial charge < -0.3 is 35.1 Å². The Hall–Kier alpha value is -5.54. The van der Waals surface area contributed by atoms with E-state index in [1.165, 1.54) is 12.0 Å². The van der Waals surface area contributed by atoms with Crippen LogP contribution in [0.3, 0.4) is 0 Å². The highest BCUT2D eigenvalue weighted by Gasteiger charge is 2.40. The molecular weight excluding hydrogens is 780 g/mol. The van der Waals surface area contributed by atoms with Crippen molar-refractivity contribution < 1.29 is 48.0 Å². The zero-order valence-electron chi connectivity index (χ0n) is 33.8. The number of anilines is 1. The molecule has 15 heteroatoms. The van der Waals surface area contributed by atoms with Gasteiger partial charge in [0.2, 0.25) is 5.91 Å². The van der Waals surface area contributed by atoms with Crippen LogP contribution in [0, 0.1) is 0 Å². The van der Waals surface area contributed by atoms with Gasteiger partial charge in [-0.15, -0.1) is 0 Å². The summed E-state index contributed by atoms with van der Waals surface area (Å²) >= 11 is 6.42. The van der Waals surface area contributed by atoms with Crippen molar-refractivity contribution in [2.24, 2.45) is 5.73 Å². The monoisotopic (exact) mass is 832 g/mol. The number of aliphatic carboxylic acids is 1. The van der Waals surface area contributed by atoms with Crippen molar-refractivity contribution in [1.29, 1.82) is 0 Å². The molecule has 0 fully saturated rings. The maximum Gasteiger partial charge on any atom is 0.336 e. The van der Waals surface area contributed by atoms with Crippen LogP contribution in [-0.4, -0.2) is 93.6 Å². The van der Waals surface area contributed by atoms with Crippen molar-refractivity contribution in [1.82, 2.24) is 10.6 Å². The summed E-state index contributed by atoms with van der Waals surface area (Å²) in [6.45, 7) is 5.98. The molecule has 0 aliphatic carbocycles. The van der Waals surface area contributed by atoms with Crippen LogP contribution in [0.2, 0.25) is 5.02 Å². The first-order valence-electron chi connectivity index (χ1n) is 19.5. The molecular formula is C44H53ClN4O10. The molecule has 2 heterocycles. The minimum atomic E-state index is -1.09. The normalized spacial score (nSPS) is 16.8. The summed E-state index contributed by atoms with van der Waals surface area (Å²) in [5.74, 6) is -3.70. The number of nitrogens with zero attached hydrogens (tertiary/aromatic N) is 1. The summed E-state index contributed by atoms with van der Waals surface area (Å²) in [7, 11) is 1.29. The van der Waals surface area contributed by atoms with Crippen molar-refractivity contribution >= 4 is 47.1 Å². The van der Waals surface area contributed by atoms with E-state index in [1.807, 2.05) is 42.5 Å². The summed E-state index contributed by atoms with van der Waals surface area (Å²) in [6.07, 6.45) is 2.19. The second kappa shape index (κ2) is 23.2. The predicted molar refractivity (Wildman–Crippen MR) is 222 cm³/mol. The van der Waals surface area contributed by atoms with Crippen molar-refractivity contribution in [2.45, 2.75) is 64.5 Å². The van der Waals surface area contributed by atoms with Crippen LogP contribution in [0.4, 0.5) is 5.69 Å². The predicted octanol–water partition coefficient (Wildman–Crippen LogP) is 4.84. The molecule has 1 amide bonds. The van der Waals surface area contributed by atoms with E-state index >= 15 is 0 Å². The molecule has 0 saturated heterocycles. The Morgan fingerprint density at radius 3 is 2.29 bits per heavy atom. The Labute approximate surface area is 349 Å². The molecule has 5 N–H and O–H groups in total. The quantitative estimate of drug-likeness (QED) is 0.0821. The maximum atomic E-state index is 13.3. The second-order valence-corrected chi connectivity index (χ2v) is 14.0. The summed E-state index contributed by atoms with van der Waals surface area (Å²) < 4.78 is 21.0. The number of hydrogen-bond acceptors (Lipinski definition) is 12. The molecule has 316 valence electrons. The number of ether oxygens (including phenoxy) is 4. The third-order valence-corrected chi connectivity index (χ3v) is 9.99. The number of carbonyl (C=O) groups is 5. The van der Waals surface area contributed by atoms with E-state index in [4.69, 9.17) is 36.3 Å². The number of nitrogens with one attached hydrogen (secondary N) is 2. The standard InChI is InChI=1S/C24H28N2O5.C20H25ClN2O5/c1-2-31-24(30)20(14-12-17-8-4-3-5-9-17)25-19-15-13-18-10-6-7-11-21(18)26(23(19)29)16-22(27)28;1-4-28-20(25)18-15(11-27-10-9-22)23-12(2)16(19(24)26-3)17(18)13-7-5-6-8-14(13)21/h3-11,19-20,25H,2,12-16H2,1H3,(H,27,28);5-8,17,23H,4,9-11,22H2,1-3H3/t19-,20-;17-/m00/s1. The molecule has 3 aromatic rings. The zero-order valence-corrected chi connectivity index (χ0v) is 34.6. The Bertz CT molecular complexity index is 2000. The Kier molecular flexibility index (Phi) is 18.1. The fourth-order valence-corrected chi connectivity index (χ4v) is 7.24. The van der Waals surface area contributed by atoms with Crippen LogP contribution in [-0.2, 0) is 55.8 Å². The van der Waals surface area contributed by atoms with E-state index in [0.29, 0.717) is 72.1 Å². The first-order valence-corrected chi connectivity index (χ1v) is 19.9. The molecule has 2 aliphatic rings. The van der Waals surface area contributed by atoms with Gasteiger partial charge in [-0.3, -0.25) is 24.6 Å². The smallest absolute Gasteiger partial charge is 0.336 e. The molecule has 3 aromatic carbocycles. The Balaban J connectivity index is 0.000000262. The summed E-state index contributed by atoms with van der Waals surface area (Å²) in [4.78, 5) is 64.1. The number of halogens is 1. The molecule has 0 saturated carbocycles. The maximum absolute atomic E-state index is 13.3. The topological polar surface area (TPSA) is 196 Å². The number of allylic oxidation sites excluding steroid dienone is 1. The zero-order chi connectivity index (χ0) is 42.9. The molecule has 0 unspecified atom stereocenters. The highest BCUT2D eigenvalue weighted by Crippen LogP contribution is 2.42. The third-order valence-electron chi connectivity index (χ3n) is 9.65. The molecule has 2 aliphatic heterocycles. The lowest BCUT2D eigenvalue weighted by atomic mass is 9.80. The van der Waals surface area contributed by atoms with Crippen molar-refractivity contribution in [3.8, 4) is 0 Å². The first-order chi connectivity index (χ1) is 28.4. The lowest BCUT2D eigenvalue weighted by Crippen LogP contribution is -2.53. The van der Waals surface area contributed by atoms with E-state index in [-0.39, 0.29) is 31.3 Å². The minimum absolute atomic E-state index is 0.109. The van der Waals surface area contributed by atoms with E-state index in [1.54, 1.807) is 57.2 Å². The van der Waals surface area contributed by atoms with E-state index < -0.39 is 48.4 Å². The average Bonchev–Trinajstić information content (AvgIpc) is 3.35. The van der Waals surface area contributed by atoms with Crippen LogP contribution in [0.15, 0.2) is 101 Å². The average molecular weight is 833 g/mol. The number of para-hydroxylation sites is 1. The van der Waals surface area contributed by atoms with Gasteiger partial charge >= 0.3 is 23.9 Å². The van der Waals surface area contributed by atoms with Gasteiger partial charge in [-0.2, -0.15) is 0 Å². The Morgan fingerprint density at radius 1 is 0.949 bits per heavy atom. The number of benzene rings is 3. The van der Waals surface area contributed by atoms with E-state index in [0.717, 1.165) is 11.1 Å².